The molecule has 4 N–H and O–H groups in total. The Kier molecular flexibility index (Phi) is 2.78. The molecule has 0 radical (unpaired) electrons. The molecule has 5 nitrogen and oxygen atoms in total. The van der Waals surface area contributed by atoms with E-state index in [9.17, 15) is 0 Å². The van der Waals surface area contributed by atoms with E-state index in [2.05, 4.69) is 5.10 Å². The van der Waals surface area contributed by atoms with Crippen LogP contribution in [0.5, 0.6) is 5.75 Å². The summed E-state index contributed by atoms with van der Waals surface area (Å²) in [5.41, 5.74) is 12.9. The Morgan fingerprint density at radius 2 is 2.12 bits per heavy atom. The van der Waals surface area contributed by atoms with Crippen molar-refractivity contribution in [2.75, 3.05) is 12.8 Å². The van der Waals surface area contributed by atoms with Crippen molar-refractivity contribution < 1.29 is 4.74 Å². The molecule has 2 aromatic rings. The fourth-order valence-electron chi connectivity index (χ4n) is 1.54. The lowest BCUT2D eigenvalue weighted by molar-refractivity contribution is 0.412. The topological polar surface area (TPSA) is 79.1 Å². The standard InChI is InChI=1S/C11H14N4O/c1-16-10-5-3-2-4-9(10)15-11(13)6-8(7-12)14-15/h2-6H,7,12-13H2,1H3. The first-order valence-electron chi connectivity index (χ1n) is 4.94. The second-order valence-electron chi connectivity index (χ2n) is 3.35. The van der Waals surface area contributed by atoms with Crippen LogP contribution in [0.1, 0.15) is 5.69 Å². The molecule has 84 valence electrons. The third kappa shape index (κ3) is 1.72. The molecular weight excluding hydrogens is 204 g/mol. The number of rotatable bonds is 3. The molecular formula is C11H14N4O. The first-order valence-corrected chi connectivity index (χ1v) is 4.94. The van der Waals surface area contributed by atoms with Crippen LogP contribution in [0.3, 0.4) is 0 Å². The zero-order valence-corrected chi connectivity index (χ0v) is 9.05. The van der Waals surface area contributed by atoms with E-state index >= 15 is 0 Å². The van der Waals surface area contributed by atoms with Crippen LogP contribution in [0.2, 0.25) is 0 Å². The van der Waals surface area contributed by atoms with Gasteiger partial charge in [-0.2, -0.15) is 5.10 Å². The molecule has 0 fully saturated rings. The van der Waals surface area contributed by atoms with E-state index < -0.39 is 0 Å². The lowest BCUT2D eigenvalue weighted by atomic mass is 10.3. The van der Waals surface area contributed by atoms with Gasteiger partial charge in [-0.3, -0.25) is 0 Å². The maximum absolute atomic E-state index is 5.86. The lowest BCUT2D eigenvalue weighted by Gasteiger charge is -2.08. The van der Waals surface area contributed by atoms with Crippen LogP contribution < -0.4 is 16.2 Å². The summed E-state index contributed by atoms with van der Waals surface area (Å²) < 4.78 is 6.88. The maximum Gasteiger partial charge on any atom is 0.144 e. The van der Waals surface area contributed by atoms with Crippen LogP contribution >= 0.6 is 0 Å². The zero-order valence-electron chi connectivity index (χ0n) is 9.05. The average molecular weight is 218 g/mol. The number of hydrogen-bond acceptors (Lipinski definition) is 4. The minimum Gasteiger partial charge on any atom is -0.494 e. The van der Waals surface area contributed by atoms with Gasteiger partial charge >= 0.3 is 0 Å². The van der Waals surface area contributed by atoms with Crippen molar-refractivity contribution in [2.45, 2.75) is 6.54 Å². The monoisotopic (exact) mass is 218 g/mol. The number of hydrogen-bond donors (Lipinski definition) is 2. The zero-order chi connectivity index (χ0) is 11.5. The van der Waals surface area contributed by atoms with Crippen LogP contribution in [0.25, 0.3) is 5.69 Å². The predicted octanol–water partition coefficient (Wildman–Crippen LogP) is 0.922. The van der Waals surface area contributed by atoms with Gasteiger partial charge in [0.15, 0.2) is 0 Å². The number of ether oxygens (including phenoxy) is 1. The van der Waals surface area contributed by atoms with Crippen molar-refractivity contribution in [1.82, 2.24) is 9.78 Å². The second kappa shape index (κ2) is 4.24. The summed E-state index contributed by atoms with van der Waals surface area (Å²) in [5, 5.41) is 4.29. The van der Waals surface area contributed by atoms with Crippen LogP contribution in [-0.2, 0) is 6.54 Å². The fourth-order valence-corrected chi connectivity index (χ4v) is 1.54. The van der Waals surface area contributed by atoms with E-state index in [1.807, 2.05) is 24.3 Å². The number of nitrogen functional groups attached to an aromatic ring is 1. The number of benzene rings is 1. The lowest BCUT2D eigenvalue weighted by Crippen LogP contribution is -2.04. The average Bonchev–Trinajstić information content (AvgIpc) is 2.70. The number of anilines is 1. The normalized spacial score (nSPS) is 10.4. The van der Waals surface area contributed by atoms with Crippen molar-refractivity contribution in [3.05, 3.63) is 36.0 Å². The highest BCUT2D eigenvalue weighted by Gasteiger charge is 2.09. The Hall–Kier alpha value is -2.01. The predicted molar refractivity (Wildman–Crippen MR) is 62.4 cm³/mol. The number of nitrogens with zero attached hydrogens (tertiary/aromatic N) is 2. The Morgan fingerprint density at radius 3 is 2.75 bits per heavy atom. The third-order valence-electron chi connectivity index (χ3n) is 2.31. The smallest absolute Gasteiger partial charge is 0.144 e. The minimum absolute atomic E-state index is 0.367. The highest BCUT2D eigenvalue weighted by molar-refractivity contribution is 5.51. The van der Waals surface area contributed by atoms with Crippen LogP contribution in [0, 0.1) is 0 Å². The molecule has 1 aromatic carbocycles. The minimum atomic E-state index is 0.367. The van der Waals surface area contributed by atoms with E-state index in [1.165, 1.54) is 0 Å². The Balaban J connectivity index is 2.53. The molecule has 0 atom stereocenters. The molecule has 1 aromatic heterocycles. The highest BCUT2D eigenvalue weighted by Crippen LogP contribution is 2.24. The van der Waals surface area contributed by atoms with Gasteiger partial charge in [0.2, 0.25) is 0 Å². The van der Waals surface area contributed by atoms with Gasteiger partial charge in [0.05, 0.1) is 12.8 Å². The summed E-state index contributed by atoms with van der Waals surface area (Å²) in [4.78, 5) is 0. The van der Waals surface area contributed by atoms with Crippen molar-refractivity contribution in [3.63, 3.8) is 0 Å². The summed E-state index contributed by atoms with van der Waals surface area (Å²) >= 11 is 0. The Bertz CT molecular complexity index is 492. The fraction of sp³-hybridized carbons (Fsp3) is 0.182. The van der Waals surface area contributed by atoms with Gasteiger partial charge < -0.3 is 16.2 Å². The van der Waals surface area contributed by atoms with Gasteiger partial charge in [0.25, 0.3) is 0 Å². The number of methoxy groups -OCH3 is 1. The van der Waals surface area contributed by atoms with Gasteiger partial charge in [-0.15, -0.1) is 0 Å². The van der Waals surface area contributed by atoms with E-state index in [4.69, 9.17) is 16.2 Å². The Labute approximate surface area is 93.6 Å². The quantitative estimate of drug-likeness (QED) is 0.803. The molecule has 0 aliphatic heterocycles. The van der Waals surface area contributed by atoms with Gasteiger partial charge in [-0.1, -0.05) is 12.1 Å². The molecule has 5 heteroatoms. The Morgan fingerprint density at radius 1 is 1.38 bits per heavy atom. The summed E-state index contributed by atoms with van der Waals surface area (Å²) in [5.74, 6) is 1.27. The number of para-hydroxylation sites is 2. The molecule has 0 bridgehead atoms. The van der Waals surface area contributed by atoms with Gasteiger partial charge in [0.1, 0.15) is 17.3 Å². The summed E-state index contributed by atoms with van der Waals surface area (Å²) in [7, 11) is 1.61. The largest absolute Gasteiger partial charge is 0.494 e. The van der Waals surface area contributed by atoms with Gasteiger partial charge in [-0.25, -0.2) is 4.68 Å². The molecule has 0 amide bonds. The second-order valence-corrected chi connectivity index (χ2v) is 3.35. The molecule has 16 heavy (non-hydrogen) atoms. The molecule has 0 aliphatic carbocycles. The van der Waals surface area contributed by atoms with Crippen molar-refractivity contribution in [1.29, 1.82) is 0 Å². The van der Waals surface area contributed by atoms with E-state index in [0.29, 0.717) is 12.4 Å². The molecule has 0 saturated carbocycles. The molecule has 2 rings (SSSR count). The first kappa shape index (κ1) is 10.5. The van der Waals surface area contributed by atoms with Crippen molar-refractivity contribution in [3.8, 4) is 11.4 Å². The highest BCUT2D eigenvalue weighted by atomic mass is 16.5. The first-order chi connectivity index (χ1) is 7.76. The molecule has 0 spiro atoms. The molecule has 1 heterocycles. The number of nitrogens with two attached hydrogens (primary N) is 2. The summed E-state index contributed by atoms with van der Waals surface area (Å²) in [6, 6.07) is 9.31. The van der Waals surface area contributed by atoms with Crippen LogP contribution in [0.15, 0.2) is 30.3 Å². The molecule has 0 unspecified atom stereocenters. The molecule has 0 aliphatic rings. The summed E-state index contributed by atoms with van der Waals surface area (Å²) in [6.07, 6.45) is 0. The third-order valence-corrected chi connectivity index (χ3v) is 2.31. The van der Waals surface area contributed by atoms with Crippen LogP contribution in [0.4, 0.5) is 5.82 Å². The molecule has 0 saturated heterocycles. The van der Waals surface area contributed by atoms with E-state index in [-0.39, 0.29) is 0 Å². The van der Waals surface area contributed by atoms with Gasteiger partial charge in [0, 0.05) is 12.6 Å². The van der Waals surface area contributed by atoms with Crippen molar-refractivity contribution >= 4 is 5.82 Å². The summed E-state index contributed by atoms with van der Waals surface area (Å²) in [6.45, 7) is 0.367. The maximum atomic E-state index is 5.86. The van der Waals surface area contributed by atoms with Crippen molar-refractivity contribution in [2.24, 2.45) is 5.73 Å². The van der Waals surface area contributed by atoms with E-state index in [1.54, 1.807) is 17.9 Å². The number of aromatic nitrogens is 2. The van der Waals surface area contributed by atoms with E-state index in [0.717, 1.165) is 17.1 Å². The van der Waals surface area contributed by atoms with Crippen LogP contribution in [-0.4, -0.2) is 16.9 Å². The van der Waals surface area contributed by atoms with Gasteiger partial charge in [-0.05, 0) is 12.1 Å². The SMILES string of the molecule is COc1ccccc1-n1nc(CN)cc1N.